The molecule has 0 saturated heterocycles. The quantitative estimate of drug-likeness (QED) is 0.705. The number of amides is 1. The average Bonchev–Trinajstić information content (AvgIpc) is 2.52. The number of hydrogen-bond donors (Lipinski definition) is 1. The van der Waals surface area contributed by atoms with E-state index in [1.165, 1.54) is 6.92 Å². The predicted molar refractivity (Wildman–Crippen MR) is 86.5 cm³/mol. The Morgan fingerprint density at radius 3 is 2.13 bits per heavy atom. The summed E-state index contributed by atoms with van der Waals surface area (Å²) in [6.45, 7) is 8.29. The van der Waals surface area contributed by atoms with Crippen LogP contribution in [0.5, 0.6) is 11.5 Å². The van der Waals surface area contributed by atoms with Crippen LogP contribution < -0.4 is 14.8 Å². The molecule has 1 N–H and O–H groups in total. The number of carbonyl (C=O) groups is 2. The molecule has 0 aromatic heterocycles. The van der Waals surface area contributed by atoms with Gasteiger partial charge in [-0.25, -0.2) is 4.79 Å². The summed E-state index contributed by atoms with van der Waals surface area (Å²) in [5, 5.41) is 2.71. The molecule has 0 aliphatic rings. The molecule has 6 heteroatoms. The topological polar surface area (TPSA) is 73.9 Å². The summed E-state index contributed by atoms with van der Waals surface area (Å²) in [6.07, 6.45) is -0.842. The molecule has 128 valence electrons. The Hall–Kier alpha value is -2.24. The predicted octanol–water partition coefficient (Wildman–Crippen LogP) is 2.17. The minimum Gasteiger partial charge on any atom is -0.494 e. The average molecular weight is 323 g/mol. The molecule has 0 radical (unpaired) electrons. The maximum Gasteiger partial charge on any atom is 0.344 e. The second kappa shape index (κ2) is 9.71. The van der Waals surface area contributed by atoms with Crippen molar-refractivity contribution in [2.75, 3.05) is 19.8 Å². The lowest BCUT2D eigenvalue weighted by molar-refractivity contribution is -0.156. The number of hydrogen-bond acceptors (Lipinski definition) is 5. The SMILES string of the molecule is CCOc1ccc(OCC(=O)O[C@@H](C)C(=O)NCC(C)C)cc1. The fourth-order valence-corrected chi connectivity index (χ4v) is 1.67. The third kappa shape index (κ3) is 7.54. The Labute approximate surface area is 137 Å². The van der Waals surface area contributed by atoms with Crippen LogP contribution in [0.4, 0.5) is 0 Å². The lowest BCUT2D eigenvalue weighted by atomic mass is 10.2. The van der Waals surface area contributed by atoms with Gasteiger partial charge in [-0.1, -0.05) is 13.8 Å². The summed E-state index contributed by atoms with van der Waals surface area (Å²) in [5.41, 5.74) is 0. The fraction of sp³-hybridized carbons (Fsp3) is 0.529. The lowest BCUT2D eigenvalue weighted by Crippen LogP contribution is -2.38. The van der Waals surface area contributed by atoms with Gasteiger partial charge in [0.2, 0.25) is 0 Å². The van der Waals surface area contributed by atoms with Gasteiger partial charge in [-0.3, -0.25) is 4.79 Å². The van der Waals surface area contributed by atoms with Gasteiger partial charge >= 0.3 is 5.97 Å². The molecule has 0 aliphatic carbocycles. The van der Waals surface area contributed by atoms with Crippen LogP contribution in [0.1, 0.15) is 27.7 Å². The summed E-state index contributed by atoms with van der Waals surface area (Å²) < 4.78 is 15.7. The maximum atomic E-state index is 11.7. The van der Waals surface area contributed by atoms with Crippen molar-refractivity contribution in [1.82, 2.24) is 5.32 Å². The molecule has 0 spiro atoms. The third-order valence-corrected chi connectivity index (χ3v) is 2.85. The molecular weight excluding hydrogens is 298 g/mol. The van der Waals surface area contributed by atoms with E-state index in [0.29, 0.717) is 24.8 Å². The highest BCUT2D eigenvalue weighted by Crippen LogP contribution is 2.17. The molecule has 1 aromatic rings. The van der Waals surface area contributed by atoms with E-state index in [9.17, 15) is 9.59 Å². The minimum atomic E-state index is -0.842. The summed E-state index contributed by atoms with van der Waals surface area (Å²) >= 11 is 0. The van der Waals surface area contributed by atoms with Crippen LogP contribution in [0.15, 0.2) is 24.3 Å². The molecule has 0 unspecified atom stereocenters. The van der Waals surface area contributed by atoms with Crippen LogP contribution in [0.2, 0.25) is 0 Å². The molecule has 0 bridgehead atoms. The highest BCUT2D eigenvalue weighted by atomic mass is 16.6. The first-order valence-electron chi connectivity index (χ1n) is 7.75. The van der Waals surface area contributed by atoms with Crippen molar-refractivity contribution < 1.29 is 23.8 Å². The fourth-order valence-electron chi connectivity index (χ4n) is 1.67. The van der Waals surface area contributed by atoms with Gasteiger partial charge in [0.25, 0.3) is 5.91 Å². The van der Waals surface area contributed by atoms with Crippen molar-refractivity contribution in [3.63, 3.8) is 0 Å². The van der Waals surface area contributed by atoms with E-state index in [-0.39, 0.29) is 12.5 Å². The second-order valence-corrected chi connectivity index (χ2v) is 5.46. The Morgan fingerprint density at radius 1 is 1.04 bits per heavy atom. The van der Waals surface area contributed by atoms with Gasteiger partial charge in [0.05, 0.1) is 6.61 Å². The Morgan fingerprint density at radius 2 is 1.61 bits per heavy atom. The zero-order valence-electron chi connectivity index (χ0n) is 14.1. The van der Waals surface area contributed by atoms with Gasteiger partial charge in [-0.05, 0) is 44.0 Å². The molecule has 1 rings (SSSR count). The van der Waals surface area contributed by atoms with Crippen molar-refractivity contribution in [3.8, 4) is 11.5 Å². The third-order valence-electron chi connectivity index (χ3n) is 2.85. The molecule has 0 heterocycles. The molecule has 6 nitrogen and oxygen atoms in total. The van der Waals surface area contributed by atoms with Gasteiger partial charge in [-0.2, -0.15) is 0 Å². The number of nitrogens with one attached hydrogen (secondary N) is 1. The van der Waals surface area contributed by atoms with Crippen molar-refractivity contribution in [3.05, 3.63) is 24.3 Å². The van der Waals surface area contributed by atoms with E-state index >= 15 is 0 Å². The van der Waals surface area contributed by atoms with E-state index in [4.69, 9.17) is 14.2 Å². The lowest BCUT2D eigenvalue weighted by Gasteiger charge is -2.15. The van der Waals surface area contributed by atoms with Gasteiger partial charge in [0.15, 0.2) is 12.7 Å². The van der Waals surface area contributed by atoms with Crippen LogP contribution in [0.25, 0.3) is 0 Å². The van der Waals surface area contributed by atoms with Crippen LogP contribution >= 0.6 is 0 Å². The standard InChI is InChI=1S/C17H25NO5/c1-5-21-14-6-8-15(9-7-14)22-11-16(19)23-13(4)17(20)18-10-12(2)3/h6-9,12-13H,5,10-11H2,1-4H3,(H,18,20)/t13-/m0/s1. The Kier molecular flexibility index (Phi) is 7.94. The van der Waals surface area contributed by atoms with Gasteiger partial charge in [-0.15, -0.1) is 0 Å². The van der Waals surface area contributed by atoms with Crippen LogP contribution in [-0.4, -0.2) is 37.7 Å². The van der Waals surface area contributed by atoms with Crippen molar-refractivity contribution >= 4 is 11.9 Å². The van der Waals surface area contributed by atoms with Crippen molar-refractivity contribution in [1.29, 1.82) is 0 Å². The van der Waals surface area contributed by atoms with E-state index in [1.54, 1.807) is 24.3 Å². The van der Waals surface area contributed by atoms with Crippen molar-refractivity contribution in [2.45, 2.75) is 33.8 Å². The Bertz CT molecular complexity index is 498. The smallest absolute Gasteiger partial charge is 0.344 e. The highest BCUT2D eigenvalue weighted by Gasteiger charge is 2.18. The summed E-state index contributed by atoms with van der Waals surface area (Å²) in [4.78, 5) is 23.4. The van der Waals surface area contributed by atoms with E-state index in [1.807, 2.05) is 20.8 Å². The first-order chi connectivity index (χ1) is 10.9. The molecule has 23 heavy (non-hydrogen) atoms. The largest absolute Gasteiger partial charge is 0.494 e. The van der Waals surface area contributed by atoms with Crippen LogP contribution in [-0.2, 0) is 14.3 Å². The zero-order chi connectivity index (χ0) is 17.2. The molecular formula is C17H25NO5. The van der Waals surface area contributed by atoms with Gasteiger partial charge < -0.3 is 19.5 Å². The minimum absolute atomic E-state index is 0.254. The van der Waals surface area contributed by atoms with E-state index in [2.05, 4.69) is 5.32 Å². The first kappa shape index (κ1) is 18.8. The number of ether oxygens (including phenoxy) is 3. The molecule has 1 amide bonds. The second-order valence-electron chi connectivity index (χ2n) is 5.46. The van der Waals surface area contributed by atoms with Gasteiger partial charge in [0, 0.05) is 6.54 Å². The van der Waals surface area contributed by atoms with E-state index in [0.717, 1.165) is 5.75 Å². The summed E-state index contributed by atoms with van der Waals surface area (Å²) in [7, 11) is 0. The monoisotopic (exact) mass is 323 g/mol. The molecule has 1 aromatic carbocycles. The zero-order valence-corrected chi connectivity index (χ0v) is 14.1. The number of benzene rings is 1. The van der Waals surface area contributed by atoms with Crippen LogP contribution in [0.3, 0.4) is 0 Å². The summed E-state index contributed by atoms with van der Waals surface area (Å²) in [5.74, 6) is 0.698. The normalized spacial score (nSPS) is 11.7. The molecule has 1 atom stereocenters. The molecule has 0 saturated carbocycles. The maximum absolute atomic E-state index is 11.7. The number of carbonyl (C=O) groups excluding carboxylic acids is 2. The first-order valence-corrected chi connectivity index (χ1v) is 7.75. The summed E-state index contributed by atoms with van der Waals surface area (Å²) in [6, 6.07) is 6.92. The van der Waals surface area contributed by atoms with Crippen molar-refractivity contribution in [2.24, 2.45) is 5.92 Å². The Balaban J connectivity index is 2.34. The highest BCUT2D eigenvalue weighted by molar-refractivity contribution is 5.83. The molecule has 0 fully saturated rings. The molecule has 0 aliphatic heterocycles. The number of esters is 1. The van der Waals surface area contributed by atoms with E-state index < -0.39 is 12.1 Å². The van der Waals surface area contributed by atoms with Crippen LogP contribution in [0, 0.1) is 5.92 Å². The number of rotatable bonds is 9. The van der Waals surface area contributed by atoms with Gasteiger partial charge in [0.1, 0.15) is 11.5 Å².